The van der Waals surface area contributed by atoms with Gasteiger partial charge in [-0.3, -0.25) is 14.4 Å². The molecule has 3 heterocycles. The van der Waals surface area contributed by atoms with Crippen molar-refractivity contribution in [1.82, 2.24) is 9.80 Å². The predicted octanol–water partition coefficient (Wildman–Crippen LogP) is 3.31. The molecule has 2 bridgehead atoms. The van der Waals surface area contributed by atoms with Gasteiger partial charge in [0.2, 0.25) is 11.8 Å². The summed E-state index contributed by atoms with van der Waals surface area (Å²) in [5.74, 6) is -2.25. The van der Waals surface area contributed by atoms with Crippen molar-refractivity contribution < 1.29 is 29.0 Å². The van der Waals surface area contributed by atoms with Crippen LogP contribution in [0, 0.1) is 17.8 Å². The summed E-state index contributed by atoms with van der Waals surface area (Å²) in [6.45, 7) is 16.0. The second-order valence-electron chi connectivity index (χ2n) is 11.2. The number of ether oxygens (including phenoxy) is 2. The Bertz CT molecular complexity index is 846. The van der Waals surface area contributed by atoms with Gasteiger partial charge in [0.25, 0.3) is 0 Å². The molecule has 3 unspecified atom stereocenters. The maximum absolute atomic E-state index is 14.4. The van der Waals surface area contributed by atoms with Crippen molar-refractivity contribution in [3.8, 4) is 0 Å². The average molecular weight is 507 g/mol. The number of hydrogen-bond acceptors (Lipinski definition) is 6. The Morgan fingerprint density at radius 2 is 1.97 bits per heavy atom. The molecule has 0 aromatic carbocycles. The first kappa shape index (κ1) is 28.6. The molecule has 0 aromatic rings. The number of rotatable bonds is 13. The zero-order chi connectivity index (χ0) is 26.8. The summed E-state index contributed by atoms with van der Waals surface area (Å²) in [5, 5.41) is 10.4. The zero-order valence-electron chi connectivity index (χ0n) is 23.0. The number of amides is 2. The first-order valence-corrected chi connectivity index (χ1v) is 13.8. The Kier molecular flexibility index (Phi) is 8.92. The van der Waals surface area contributed by atoms with Crippen LogP contribution >= 0.6 is 0 Å². The lowest BCUT2D eigenvalue weighted by Gasteiger charge is -2.41. The van der Waals surface area contributed by atoms with Gasteiger partial charge in [0.1, 0.15) is 17.6 Å². The molecule has 7 atom stereocenters. The maximum atomic E-state index is 14.4. The third-order valence-electron chi connectivity index (χ3n) is 8.59. The van der Waals surface area contributed by atoms with E-state index in [2.05, 4.69) is 13.5 Å². The van der Waals surface area contributed by atoms with Gasteiger partial charge in [0, 0.05) is 12.6 Å². The molecule has 0 aliphatic carbocycles. The van der Waals surface area contributed by atoms with Crippen LogP contribution in [0.5, 0.6) is 0 Å². The van der Waals surface area contributed by atoms with Crippen molar-refractivity contribution in [3.05, 3.63) is 12.7 Å². The van der Waals surface area contributed by atoms with Crippen LogP contribution in [-0.2, 0) is 23.9 Å². The molecule has 0 aromatic heterocycles. The number of aliphatic hydroxyl groups is 1. The quantitative estimate of drug-likeness (QED) is 0.304. The number of nitrogens with zero attached hydrogens (tertiary/aromatic N) is 2. The number of fused-ring (bicyclic) bond motifs is 1. The van der Waals surface area contributed by atoms with Crippen LogP contribution in [0.4, 0.5) is 0 Å². The highest BCUT2D eigenvalue weighted by Gasteiger charge is 2.79. The lowest BCUT2D eigenvalue weighted by molar-refractivity contribution is -0.164. The molecule has 8 nitrogen and oxygen atoms in total. The fraction of sp³-hybridized carbons (Fsp3) is 0.821. The van der Waals surface area contributed by atoms with E-state index in [1.54, 1.807) is 22.8 Å². The van der Waals surface area contributed by atoms with Gasteiger partial charge in [0.15, 0.2) is 0 Å². The summed E-state index contributed by atoms with van der Waals surface area (Å²) in [6.07, 6.45) is 5.65. The Morgan fingerprint density at radius 3 is 2.50 bits per heavy atom. The Balaban J connectivity index is 2.17. The lowest BCUT2D eigenvalue weighted by atomic mass is 9.65. The SMILES string of the molecule is C=CCN(C(=O)C1N([C@@H](CO)CC(C)C)C(=O)[C@@H]2[C@H](C(=O)OCC)[C@]3(CC)CCC12O3)C(C)CCC. The minimum atomic E-state index is -1.11. The maximum Gasteiger partial charge on any atom is 0.312 e. The predicted molar refractivity (Wildman–Crippen MR) is 137 cm³/mol. The van der Waals surface area contributed by atoms with Gasteiger partial charge in [0.05, 0.1) is 30.8 Å². The highest BCUT2D eigenvalue weighted by Crippen LogP contribution is 2.65. The van der Waals surface area contributed by atoms with Gasteiger partial charge in [-0.05, 0) is 51.9 Å². The standard InChI is InChI=1S/C28H46N2O6/c1-8-12-19(7)29(15-9-2)25(33)23-28-14-13-27(10-3,36-28)22(26(34)35-11-4)21(28)24(32)30(23)20(17-31)16-18(5)6/h9,18-23,31H,2,8,10-17H2,1,3-7H3/t19?,20-,21+,22-,23?,27+,28?/m1/s1. The van der Waals surface area contributed by atoms with E-state index in [4.69, 9.17) is 9.47 Å². The molecule has 3 rings (SSSR count). The molecule has 3 aliphatic heterocycles. The number of esters is 1. The molecule has 0 radical (unpaired) electrons. The Labute approximate surface area is 216 Å². The second-order valence-corrected chi connectivity index (χ2v) is 11.2. The largest absolute Gasteiger partial charge is 0.466 e. The monoisotopic (exact) mass is 506 g/mol. The van der Waals surface area contributed by atoms with E-state index in [9.17, 15) is 19.5 Å². The summed E-state index contributed by atoms with van der Waals surface area (Å²) in [5.41, 5.74) is -1.93. The van der Waals surface area contributed by atoms with Gasteiger partial charge in [-0.15, -0.1) is 6.58 Å². The van der Waals surface area contributed by atoms with Gasteiger partial charge >= 0.3 is 5.97 Å². The van der Waals surface area contributed by atoms with E-state index in [-0.39, 0.29) is 37.0 Å². The molecular formula is C28H46N2O6. The number of hydrogen-bond donors (Lipinski definition) is 1. The fourth-order valence-electron chi connectivity index (χ4n) is 7.10. The molecule has 1 N–H and O–H groups in total. The van der Waals surface area contributed by atoms with E-state index >= 15 is 0 Å². The molecule has 3 fully saturated rings. The summed E-state index contributed by atoms with van der Waals surface area (Å²) in [6, 6.07) is -1.50. The average Bonchev–Trinajstić information content (AvgIpc) is 3.44. The summed E-state index contributed by atoms with van der Waals surface area (Å²) in [4.78, 5) is 45.4. The summed E-state index contributed by atoms with van der Waals surface area (Å²) >= 11 is 0. The molecule has 8 heteroatoms. The number of carbonyl (C=O) groups is 3. The van der Waals surface area contributed by atoms with Crippen LogP contribution in [-0.4, -0.2) is 81.8 Å². The van der Waals surface area contributed by atoms with Crippen LogP contribution in [0.1, 0.15) is 80.1 Å². The van der Waals surface area contributed by atoms with Crippen molar-refractivity contribution in [3.63, 3.8) is 0 Å². The lowest BCUT2D eigenvalue weighted by Crippen LogP contribution is -2.60. The Morgan fingerprint density at radius 1 is 1.28 bits per heavy atom. The smallest absolute Gasteiger partial charge is 0.312 e. The van der Waals surface area contributed by atoms with E-state index in [1.165, 1.54) is 0 Å². The van der Waals surface area contributed by atoms with Crippen molar-refractivity contribution in [1.29, 1.82) is 0 Å². The highest BCUT2D eigenvalue weighted by atomic mass is 16.6. The Hall–Kier alpha value is -1.93. The van der Waals surface area contributed by atoms with Gasteiger partial charge < -0.3 is 24.4 Å². The third-order valence-corrected chi connectivity index (χ3v) is 8.59. The van der Waals surface area contributed by atoms with Crippen LogP contribution in [0.3, 0.4) is 0 Å². The van der Waals surface area contributed by atoms with E-state index in [1.807, 2.05) is 27.7 Å². The van der Waals surface area contributed by atoms with Crippen molar-refractivity contribution >= 4 is 17.8 Å². The van der Waals surface area contributed by atoms with E-state index in [0.717, 1.165) is 12.8 Å². The van der Waals surface area contributed by atoms with Crippen molar-refractivity contribution in [2.45, 2.75) is 109 Å². The van der Waals surface area contributed by atoms with Crippen LogP contribution in [0.25, 0.3) is 0 Å². The molecule has 36 heavy (non-hydrogen) atoms. The van der Waals surface area contributed by atoms with Crippen LogP contribution in [0.2, 0.25) is 0 Å². The minimum absolute atomic E-state index is 0.0508. The fourth-order valence-corrected chi connectivity index (χ4v) is 7.10. The molecule has 0 saturated carbocycles. The van der Waals surface area contributed by atoms with Crippen molar-refractivity contribution in [2.75, 3.05) is 19.8 Å². The van der Waals surface area contributed by atoms with E-state index < -0.39 is 41.1 Å². The summed E-state index contributed by atoms with van der Waals surface area (Å²) < 4.78 is 12.2. The topological polar surface area (TPSA) is 96.4 Å². The zero-order valence-corrected chi connectivity index (χ0v) is 23.0. The number of aliphatic hydroxyl groups excluding tert-OH is 1. The first-order valence-electron chi connectivity index (χ1n) is 13.8. The normalized spacial score (nSPS) is 32.5. The number of carbonyl (C=O) groups excluding carboxylic acids is 3. The highest BCUT2D eigenvalue weighted by molar-refractivity contribution is 5.98. The van der Waals surface area contributed by atoms with Crippen LogP contribution < -0.4 is 0 Å². The minimum Gasteiger partial charge on any atom is -0.466 e. The summed E-state index contributed by atoms with van der Waals surface area (Å²) in [7, 11) is 0. The van der Waals surface area contributed by atoms with Gasteiger partial charge in [-0.1, -0.05) is 40.2 Å². The van der Waals surface area contributed by atoms with Gasteiger partial charge in [-0.25, -0.2) is 0 Å². The van der Waals surface area contributed by atoms with Crippen LogP contribution in [0.15, 0.2) is 12.7 Å². The first-order chi connectivity index (χ1) is 17.1. The molecule has 2 amide bonds. The molecule has 3 aliphatic rings. The molecule has 204 valence electrons. The number of likely N-dealkylation sites (tertiary alicyclic amines) is 1. The van der Waals surface area contributed by atoms with Crippen molar-refractivity contribution in [2.24, 2.45) is 17.8 Å². The molecule has 3 saturated heterocycles. The van der Waals surface area contributed by atoms with Gasteiger partial charge in [-0.2, -0.15) is 0 Å². The molecular weight excluding hydrogens is 460 g/mol. The second kappa shape index (κ2) is 11.2. The molecule has 1 spiro atoms. The third kappa shape index (κ3) is 4.49. The van der Waals surface area contributed by atoms with E-state index in [0.29, 0.717) is 32.2 Å².